The molecule has 5 heteroatoms. The molecule has 0 fully saturated rings. The molecule has 0 spiro atoms. The van der Waals surface area contributed by atoms with Crippen molar-refractivity contribution in [3.05, 3.63) is 42.0 Å². The number of aryl methyl sites for hydroxylation is 1. The Morgan fingerprint density at radius 3 is 2.89 bits per heavy atom. The zero-order valence-corrected chi connectivity index (χ0v) is 10.2. The summed E-state index contributed by atoms with van der Waals surface area (Å²) in [5.74, 6) is 1.42. The molecule has 0 aliphatic heterocycles. The van der Waals surface area contributed by atoms with E-state index in [1.807, 2.05) is 19.1 Å². The fourth-order valence-electron chi connectivity index (χ4n) is 1.49. The van der Waals surface area contributed by atoms with Gasteiger partial charge in [0.1, 0.15) is 12.4 Å². The predicted molar refractivity (Wildman–Crippen MR) is 67.6 cm³/mol. The molecule has 2 heterocycles. The maximum atomic E-state index is 8.62. The first-order valence-electron chi connectivity index (χ1n) is 5.76. The number of hydrogen-bond acceptors (Lipinski definition) is 5. The van der Waals surface area contributed by atoms with Crippen LogP contribution in [0.2, 0.25) is 0 Å². The normalized spacial score (nSPS) is 10.3. The highest BCUT2D eigenvalue weighted by Gasteiger charge is 2.02. The largest absolute Gasteiger partial charge is 0.475 e. The number of anilines is 1. The molecule has 0 saturated carbocycles. The predicted octanol–water partition coefficient (Wildman–Crippen LogP) is 1.97. The number of pyridine rings is 1. The smallest absolute Gasteiger partial charge is 0.213 e. The minimum atomic E-state index is -0.0144. The Morgan fingerprint density at radius 2 is 2.28 bits per heavy atom. The fraction of sp³-hybridized carbons (Fsp3) is 0.308. The Balaban J connectivity index is 1.88. The van der Waals surface area contributed by atoms with E-state index in [0.29, 0.717) is 12.4 Å². The van der Waals surface area contributed by atoms with Crippen LogP contribution in [0.5, 0.6) is 5.88 Å². The highest BCUT2D eigenvalue weighted by atomic mass is 16.5. The molecule has 0 amide bonds. The van der Waals surface area contributed by atoms with Crippen LogP contribution in [0.3, 0.4) is 0 Å². The zero-order chi connectivity index (χ0) is 12.8. The summed E-state index contributed by atoms with van der Waals surface area (Å²) >= 11 is 0. The van der Waals surface area contributed by atoms with Crippen LogP contribution in [0.4, 0.5) is 5.69 Å². The van der Waals surface area contributed by atoms with E-state index in [9.17, 15) is 0 Å². The van der Waals surface area contributed by atoms with Crippen molar-refractivity contribution in [2.24, 2.45) is 0 Å². The van der Waals surface area contributed by atoms with E-state index >= 15 is 0 Å². The van der Waals surface area contributed by atoms with Gasteiger partial charge in [-0.1, -0.05) is 0 Å². The number of ether oxygens (including phenoxy) is 1. The summed E-state index contributed by atoms with van der Waals surface area (Å²) in [5, 5.41) is 11.8. The monoisotopic (exact) mass is 248 g/mol. The highest BCUT2D eigenvalue weighted by Crippen LogP contribution is 2.14. The van der Waals surface area contributed by atoms with Crippen molar-refractivity contribution < 1.29 is 14.3 Å². The average Bonchev–Trinajstić information content (AvgIpc) is 2.81. The Morgan fingerprint density at radius 1 is 1.39 bits per heavy atom. The first-order chi connectivity index (χ1) is 8.79. The third-order valence-corrected chi connectivity index (χ3v) is 2.50. The second kappa shape index (κ2) is 6.07. The van der Waals surface area contributed by atoms with Crippen molar-refractivity contribution in [2.45, 2.75) is 13.5 Å². The van der Waals surface area contributed by atoms with E-state index in [1.54, 1.807) is 18.5 Å². The van der Waals surface area contributed by atoms with E-state index in [-0.39, 0.29) is 13.2 Å². The maximum absolute atomic E-state index is 8.62. The third-order valence-electron chi connectivity index (χ3n) is 2.50. The summed E-state index contributed by atoms with van der Waals surface area (Å²) in [6.07, 6.45) is 3.36. The molecule has 2 rings (SSSR count). The molecule has 2 N–H and O–H groups in total. The first-order valence-corrected chi connectivity index (χ1v) is 5.76. The Bertz CT molecular complexity index is 479. The van der Waals surface area contributed by atoms with E-state index in [2.05, 4.69) is 10.3 Å². The summed E-state index contributed by atoms with van der Waals surface area (Å²) in [5.41, 5.74) is 2.01. The second-order valence-electron chi connectivity index (χ2n) is 3.84. The van der Waals surface area contributed by atoms with Crippen LogP contribution >= 0.6 is 0 Å². The van der Waals surface area contributed by atoms with Crippen molar-refractivity contribution >= 4 is 5.69 Å². The standard InChI is InChI=1S/C13H16N2O3/c1-10-4-6-17-12(10)9-14-11-2-3-13(15-8-11)18-7-5-16/h2-4,6,8,14,16H,5,7,9H2,1H3. The molecule has 96 valence electrons. The molecule has 18 heavy (non-hydrogen) atoms. The van der Waals surface area contributed by atoms with Crippen LogP contribution in [0.15, 0.2) is 35.1 Å². The van der Waals surface area contributed by atoms with Gasteiger partial charge in [0.05, 0.1) is 31.3 Å². The molecule has 0 unspecified atom stereocenters. The molecular formula is C13H16N2O3. The third kappa shape index (κ3) is 3.24. The van der Waals surface area contributed by atoms with Gasteiger partial charge in [0.15, 0.2) is 0 Å². The van der Waals surface area contributed by atoms with E-state index in [0.717, 1.165) is 17.0 Å². The summed E-state index contributed by atoms with van der Waals surface area (Å²) in [6.45, 7) is 2.87. The lowest BCUT2D eigenvalue weighted by Gasteiger charge is -2.06. The van der Waals surface area contributed by atoms with Crippen molar-refractivity contribution in [2.75, 3.05) is 18.5 Å². The van der Waals surface area contributed by atoms with E-state index in [1.165, 1.54) is 0 Å². The van der Waals surface area contributed by atoms with Crippen molar-refractivity contribution in [3.8, 4) is 5.88 Å². The molecule has 0 aliphatic carbocycles. The van der Waals surface area contributed by atoms with Gasteiger partial charge in [-0.2, -0.15) is 0 Å². The van der Waals surface area contributed by atoms with Crippen LogP contribution in [0.1, 0.15) is 11.3 Å². The molecule has 5 nitrogen and oxygen atoms in total. The lowest BCUT2D eigenvalue weighted by Crippen LogP contribution is -2.04. The Hall–Kier alpha value is -2.01. The SMILES string of the molecule is Cc1ccoc1CNc1ccc(OCCO)nc1. The molecule has 0 aliphatic rings. The van der Waals surface area contributed by atoms with Gasteiger partial charge < -0.3 is 19.6 Å². The molecule has 0 saturated heterocycles. The Labute approximate surface area is 105 Å². The number of aromatic nitrogens is 1. The van der Waals surface area contributed by atoms with Crippen LogP contribution in [0, 0.1) is 6.92 Å². The van der Waals surface area contributed by atoms with Crippen LogP contribution in [-0.2, 0) is 6.54 Å². The zero-order valence-electron chi connectivity index (χ0n) is 10.2. The quantitative estimate of drug-likeness (QED) is 0.818. The van der Waals surface area contributed by atoms with E-state index < -0.39 is 0 Å². The molecule has 2 aromatic rings. The van der Waals surface area contributed by atoms with Gasteiger partial charge in [-0.25, -0.2) is 4.98 Å². The number of hydrogen-bond donors (Lipinski definition) is 2. The summed E-state index contributed by atoms with van der Waals surface area (Å²) in [7, 11) is 0. The number of nitrogens with one attached hydrogen (secondary N) is 1. The lowest BCUT2D eigenvalue weighted by atomic mass is 10.3. The minimum absolute atomic E-state index is 0.0144. The van der Waals surface area contributed by atoms with Gasteiger partial charge in [-0.15, -0.1) is 0 Å². The van der Waals surface area contributed by atoms with Crippen molar-refractivity contribution in [3.63, 3.8) is 0 Å². The van der Waals surface area contributed by atoms with Gasteiger partial charge in [0, 0.05) is 6.07 Å². The van der Waals surface area contributed by atoms with Crippen LogP contribution in [0.25, 0.3) is 0 Å². The van der Waals surface area contributed by atoms with Gasteiger partial charge in [0.25, 0.3) is 0 Å². The summed E-state index contributed by atoms with van der Waals surface area (Å²) < 4.78 is 10.5. The Kier molecular flexibility index (Phi) is 4.20. The molecule has 2 aromatic heterocycles. The minimum Gasteiger partial charge on any atom is -0.475 e. The van der Waals surface area contributed by atoms with Crippen molar-refractivity contribution in [1.82, 2.24) is 4.98 Å². The van der Waals surface area contributed by atoms with Crippen LogP contribution in [-0.4, -0.2) is 23.3 Å². The summed E-state index contributed by atoms with van der Waals surface area (Å²) in [4.78, 5) is 4.11. The number of nitrogens with zero attached hydrogens (tertiary/aromatic N) is 1. The van der Waals surface area contributed by atoms with Gasteiger partial charge in [-0.3, -0.25) is 0 Å². The topological polar surface area (TPSA) is 67.5 Å². The second-order valence-corrected chi connectivity index (χ2v) is 3.84. The highest BCUT2D eigenvalue weighted by molar-refractivity contribution is 5.42. The maximum Gasteiger partial charge on any atom is 0.213 e. The van der Waals surface area contributed by atoms with Gasteiger partial charge >= 0.3 is 0 Å². The lowest BCUT2D eigenvalue weighted by molar-refractivity contribution is 0.196. The van der Waals surface area contributed by atoms with Crippen LogP contribution < -0.4 is 10.1 Å². The number of furan rings is 1. The van der Waals surface area contributed by atoms with E-state index in [4.69, 9.17) is 14.3 Å². The molecular weight excluding hydrogens is 232 g/mol. The number of aliphatic hydroxyl groups excluding tert-OH is 1. The number of aliphatic hydroxyl groups is 1. The van der Waals surface area contributed by atoms with Gasteiger partial charge in [-0.05, 0) is 24.6 Å². The molecule has 0 radical (unpaired) electrons. The fourth-order valence-corrected chi connectivity index (χ4v) is 1.49. The average molecular weight is 248 g/mol. The molecule has 0 atom stereocenters. The molecule has 0 aromatic carbocycles. The van der Waals surface area contributed by atoms with Gasteiger partial charge in [0.2, 0.25) is 5.88 Å². The first kappa shape index (κ1) is 12.4. The van der Waals surface area contributed by atoms with Crippen molar-refractivity contribution in [1.29, 1.82) is 0 Å². The molecule has 0 bridgehead atoms. The number of rotatable bonds is 6. The summed E-state index contributed by atoms with van der Waals surface area (Å²) in [6, 6.07) is 5.56.